The molecule has 94 valence electrons. The summed E-state index contributed by atoms with van der Waals surface area (Å²) in [5.74, 6) is 0.638. The van der Waals surface area contributed by atoms with E-state index in [2.05, 4.69) is 15.0 Å². The largest absolute Gasteiger partial charge is 0.481 e. The zero-order valence-electron chi connectivity index (χ0n) is 10.4. The molecule has 3 rings (SSSR count). The van der Waals surface area contributed by atoms with Crippen LogP contribution in [0.2, 0.25) is 0 Å². The van der Waals surface area contributed by atoms with Gasteiger partial charge in [0, 0.05) is 23.2 Å². The van der Waals surface area contributed by atoms with Crippen LogP contribution >= 0.6 is 0 Å². The van der Waals surface area contributed by atoms with Crippen molar-refractivity contribution in [2.75, 3.05) is 12.8 Å². The number of fused-ring (bicyclic) bond motifs is 1. The molecule has 0 aliphatic rings. The number of hydrogen-bond donors (Lipinski definition) is 1. The van der Waals surface area contributed by atoms with Crippen LogP contribution in [0.15, 0.2) is 42.6 Å². The molecule has 0 aliphatic carbocycles. The average Bonchev–Trinajstić information content (AvgIpc) is 2.46. The van der Waals surface area contributed by atoms with E-state index in [1.165, 1.54) is 0 Å². The molecule has 5 heteroatoms. The lowest BCUT2D eigenvalue weighted by molar-refractivity contribution is 0.398. The first-order valence-corrected chi connectivity index (χ1v) is 5.80. The highest BCUT2D eigenvalue weighted by molar-refractivity contribution is 5.83. The summed E-state index contributed by atoms with van der Waals surface area (Å²) in [6.07, 6.45) is 1.76. The van der Waals surface area contributed by atoms with Crippen LogP contribution in [-0.4, -0.2) is 22.1 Å². The molecule has 3 aromatic rings. The number of hydrogen-bond acceptors (Lipinski definition) is 5. The molecule has 1 aromatic carbocycles. The molecule has 0 spiro atoms. The van der Waals surface area contributed by atoms with Crippen molar-refractivity contribution in [2.45, 2.75) is 0 Å². The third-order valence-electron chi connectivity index (χ3n) is 2.83. The number of rotatable bonds is 2. The van der Waals surface area contributed by atoms with Gasteiger partial charge in [-0.2, -0.15) is 4.98 Å². The summed E-state index contributed by atoms with van der Waals surface area (Å²) in [4.78, 5) is 12.5. The van der Waals surface area contributed by atoms with E-state index >= 15 is 0 Å². The highest BCUT2D eigenvalue weighted by atomic mass is 16.5. The van der Waals surface area contributed by atoms with Gasteiger partial charge in [-0.1, -0.05) is 18.2 Å². The number of anilines is 1. The van der Waals surface area contributed by atoms with Crippen LogP contribution in [0.5, 0.6) is 5.88 Å². The first kappa shape index (κ1) is 11.4. The lowest BCUT2D eigenvalue weighted by atomic mass is 10.1. The molecule has 0 saturated heterocycles. The summed E-state index contributed by atoms with van der Waals surface area (Å²) < 4.78 is 5.10. The summed E-state index contributed by atoms with van der Waals surface area (Å²) in [6, 6.07) is 11.6. The molecule has 2 heterocycles. The van der Waals surface area contributed by atoms with E-state index in [0.29, 0.717) is 5.88 Å². The fourth-order valence-corrected chi connectivity index (χ4v) is 1.92. The van der Waals surface area contributed by atoms with E-state index in [-0.39, 0.29) is 5.95 Å². The Morgan fingerprint density at radius 2 is 2.00 bits per heavy atom. The van der Waals surface area contributed by atoms with Crippen LogP contribution < -0.4 is 10.5 Å². The Balaban J connectivity index is 2.15. The molecule has 0 saturated carbocycles. The Kier molecular flexibility index (Phi) is 2.72. The van der Waals surface area contributed by atoms with Crippen LogP contribution in [0.1, 0.15) is 0 Å². The predicted molar refractivity (Wildman–Crippen MR) is 73.7 cm³/mol. The maximum atomic E-state index is 5.67. The minimum Gasteiger partial charge on any atom is -0.481 e. The number of benzene rings is 1. The number of aromatic nitrogens is 3. The van der Waals surface area contributed by atoms with Gasteiger partial charge >= 0.3 is 0 Å². The van der Waals surface area contributed by atoms with Gasteiger partial charge in [-0.15, -0.1) is 0 Å². The lowest BCUT2D eigenvalue weighted by Gasteiger charge is -2.06. The predicted octanol–water partition coefficient (Wildman–Crippen LogP) is 2.28. The molecule has 0 radical (unpaired) electrons. The Bertz CT molecular complexity index is 742. The smallest absolute Gasteiger partial charge is 0.223 e. The number of methoxy groups -OCH3 is 1. The summed E-state index contributed by atoms with van der Waals surface area (Å²) in [7, 11) is 1.55. The van der Waals surface area contributed by atoms with Gasteiger partial charge in [-0.25, -0.2) is 4.98 Å². The maximum absolute atomic E-state index is 5.67. The second-order valence-electron chi connectivity index (χ2n) is 4.06. The molecule has 0 unspecified atom stereocenters. The molecule has 19 heavy (non-hydrogen) atoms. The Morgan fingerprint density at radius 3 is 2.84 bits per heavy atom. The van der Waals surface area contributed by atoms with Crippen molar-refractivity contribution in [3.63, 3.8) is 0 Å². The molecule has 5 nitrogen and oxygen atoms in total. The zero-order chi connectivity index (χ0) is 13.2. The van der Waals surface area contributed by atoms with Crippen molar-refractivity contribution in [1.82, 2.24) is 15.0 Å². The standard InChI is InChI=1S/C14H12N4O/c1-19-13-8-12(17-14(15)18-13)10-5-4-9-3-2-6-16-11(9)7-10/h2-8H,1H3,(H2,15,17,18). The molecular formula is C14H12N4O. The van der Waals surface area contributed by atoms with Gasteiger partial charge in [0.25, 0.3) is 0 Å². The third-order valence-corrected chi connectivity index (χ3v) is 2.83. The number of nitrogen functional groups attached to an aromatic ring is 1. The Labute approximate surface area is 110 Å². The molecule has 2 N–H and O–H groups in total. The lowest BCUT2D eigenvalue weighted by Crippen LogP contribution is -1.99. The summed E-state index contributed by atoms with van der Waals surface area (Å²) in [5, 5.41) is 1.08. The van der Waals surface area contributed by atoms with Crippen molar-refractivity contribution >= 4 is 16.9 Å². The summed E-state index contributed by atoms with van der Waals surface area (Å²) in [5.41, 5.74) is 8.23. The summed E-state index contributed by atoms with van der Waals surface area (Å²) in [6.45, 7) is 0. The van der Waals surface area contributed by atoms with Crippen molar-refractivity contribution in [3.05, 3.63) is 42.6 Å². The van der Waals surface area contributed by atoms with Gasteiger partial charge in [0.15, 0.2) is 0 Å². The molecule has 0 fully saturated rings. The molecular weight excluding hydrogens is 240 g/mol. The van der Waals surface area contributed by atoms with E-state index in [0.717, 1.165) is 22.2 Å². The van der Waals surface area contributed by atoms with Crippen LogP contribution in [0, 0.1) is 0 Å². The first-order valence-electron chi connectivity index (χ1n) is 5.80. The number of nitrogens with zero attached hydrogens (tertiary/aromatic N) is 3. The van der Waals surface area contributed by atoms with Crippen LogP contribution in [0.3, 0.4) is 0 Å². The van der Waals surface area contributed by atoms with Gasteiger partial charge in [-0.05, 0) is 12.1 Å². The van der Waals surface area contributed by atoms with E-state index in [9.17, 15) is 0 Å². The highest BCUT2D eigenvalue weighted by Crippen LogP contribution is 2.24. The Hall–Kier alpha value is -2.69. The van der Waals surface area contributed by atoms with E-state index < -0.39 is 0 Å². The fraction of sp³-hybridized carbons (Fsp3) is 0.0714. The Morgan fingerprint density at radius 1 is 1.11 bits per heavy atom. The van der Waals surface area contributed by atoms with Gasteiger partial charge in [-0.3, -0.25) is 4.98 Å². The van der Waals surface area contributed by atoms with Gasteiger partial charge < -0.3 is 10.5 Å². The van der Waals surface area contributed by atoms with Gasteiger partial charge in [0.1, 0.15) is 0 Å². The van der Waals surface area contributed by atoms with Crippen molar-refractivity contribution in [2.24, 2.45) is 0 Å². The van der Waals surface area contributed by atoms with Crippen LogP contribution in [-0.2, 0) is 0 Å². The van der Waals surface area contributed by atoms with E-state index in [4.69, 9.17) is 10.5 Å². The number of ether oxygens (including phenoxy) is 1. The fourth-order valence-electron chi connectivity index (χ4n) is 1.92. The van der Waals surface area contributed by atoms with Crippen LogP contribution in [0.4, 0.5) is 5.95 Å². The molecule has 2 aromatic heterocycles. The normalized spacial score (nSPS) is 10.6. The number of pyridine rings is 1. The second kappa shape index (κ2) is 4.53. The monoisotopic (exact) mass is 252 g/mol. The van der Waals surface area contributed by atoms with Crippen molar-refractivity contribution < 1.29 is 4.74 Å². The summed E-state index contributed by atoms with van der Waals surface area (Å²) >= 11 is 0. The minimum atomic E-state index is 0.190. The van der Waals surface area contributed by atoms with Gasteiger partial charge in [0.05, 0.1) is 18.3 Å². The molecule has 0 atom stereocenters. The second-order valence-corrected chi connectivity index (χ2v) is 4.06. The van der Waals surface area contributed by atoms with E-state index in [1.807, 2.05) is 30.3 Å². The van der Waals surface area contributed by atoms with Crippen molar-refractivity contribution in [1.29, 1.82) is 0 Å². The number of nitrogens with two attached hydrogens (primary N) is 1. The quantitative estimate of drug-likeness (QED) is 0.757. The van der Waals surface area contributed by atoms with Crippen LogP contribution in [0.25, 0.3) is 22.2 Å². The van der Waals surface area contributed by atoms with E-state index in [1.54, 1.807) is 19.4 Å². The SMILES string of the molecule is COc1cc(-c2ccc3cccnc3c2)nc(N)n1. The molecule has 0 bridgehead atoms. The minimum absolute atomic E-state index is 0.190. The molecule has 0 aliphatic heterocycles. The van der Waals surface area contributed by atoms with Gasteiger partial charge in [0.2, 0.25) is 11.8 Å². The van der Waals surface area contributed by atoms with Crippen molar-refractivity contribution in [3.8, 4) is 17.1 Å². The third kappa shape index (κ3) is 2.18. The average molecular weight is 252 g/mol. The zero-order valence-corrected chi connectivity index (χ0v) is 10.4. The maximum Gasteiger partial charge on any atom is 0.223 e. The highest BCUT2D eigenvalue weighted by Gasteiger charge is 2.06. The first-order chi connectivity index (χ1) is 9.26. The topological polar surface area (TPSA) is 73.9 Å². The molecule has 0 amide bonds.